The molecule has 30 fully saturated rings. The highest BCUT2D eigenvalue weighted by molar-refractivity contribution is 5.02. The molecule has 30 saturated heterocycles. The predicted octanol–water partition coefficient (Wildman–Crippen LogP) is -16.9. The van der Waals surface area contributed by atoms with Crippen molar-refractivity contribution >= 4 is 0 Å². The van der Waals surface area contributed by atoms with Gasteiger partial charge in [-0.05, 0) is 0 Å². The summed E-state index contributed by atoms with van der Waals surface area (Å²) in [5, 5.41) is 264. The average Bonchev–Trinajstić information content (AvgIpc) is 1.42. The number of aliphatic hydroxyl groups excluding tert-OH is 23. The molecule has 89 heavy (non-hydrogen) atoms. The van der Waals surface area contributed by atoms with Crippen LogP contribution in [0.5, 0.6) is 0 Å². The maximum absolute atomic E-state index is 11.5. The lowest BCUT2D eigenvalue weighted by Crippen LogP contribution is -2.69. The van der Waals surface area contributed by atoms with Crippen LogP contribution in [0.4, 0.5) is 0 Å². The van der Waals surface area contributed by atoms with Crippen LogP contribution in [0.1, 0.15) is 0 Å². The third kappa shape index (κ3) is 14.2. The van der Waals surface area contributed by atoms with Crippen LogP contribution in [0.3, 0.4) is 0 Å². The van der Waals surface area contributed by atoms with Gasteiger partial charge < -0.3 is 193 Å². The first-order valence-corrected chi connectivity index (χ1v) is 28.3. The summed E-state index contributed by atoms with van der Waals surface area (Å²) in [5.41, 5.74) is 0. The lowest BCUT2D eigenvalue weighted by Gasteiger charge is -2.50. The second-order valence-electron chi connectivity index (χ2n) is 22.5. The van der Waals surface area contributed by atoms with Gasteiger partial charge >= 0.3 is 0 Å². The molecule has 0 saturated carbocycles. The summed E-state index contributed by atoms with van der Waals surface area (Å²) >= 11 is 0. The Kier molecular flexibility index (Phi) is 24.6. The maximum Gasteiger partial charge on any atom is 0.187 e. The second kappa shape index (κ2) is 30.6. The number of hydrogen-bond acceptors (Lipinski definition) is 41. The van der Waals surface area contributed by atoms with E-state index in [1.807, 2.05) is 0 Å². The van der Waals surface area contributed by atoms with Gasteiger partial charge in [0.15, 0.2) is 56.4 Å². The van der Waals surface area contributed by atoms with E-state index in [1.54, 1.807) is 0 Å². The summed E-state index contributed by atoms with van der Waals surface area (Å²) in [6.45, 7) is -8.73. The number of rotatable bonds is 9. The summed E-state index contributed by atoms with van der Waals surface area (Å²) in [7, 11) is 0. The topological polar surface area (TPSA) is 642 Å². The molecule has 0 aromatic heterocycles. The van der Waals surface area contributed by atoms with Gasteiger partial charge in [0.2, 0.25) is 0 Å². The Morgan fingerprint density at radius 3 is 0.461 bits per heavy atom. The van der Waals surface area contributed by atoms with Crippen molar-refractivity contribution in [1.82, 2.24) is 0 Å². The van der Waals surface area contributed by atoms with E-state index in [1.165, 1.54) is 0 Å². The summed E-state index contributed by atoms with van der Waals surface area (Å²) < 4.78 is 91.2. The van der Waals surface area contributed by atoms with Gasteiger partial charge in [-0.25, -0.2) is 4.89 Å². The molecule has 30 aliphatic heterocycles. The Morgan fingerprint density at radius 1 is 0.180 bits per heavy atom. The molecule has 41 nitrogen and oxygen atoms in total. The van der Waals surface area contributed by atoms with Crippen LogP contribution in [0.15, 0.2) is 0 Å². The third-order valence-corrected chi connectivity index (χ3v) is 17.0. The molecule has 30 aliphatic rings. The van der Waals surface area contributed by atoms with E-state index < -0.39 is 299 Å². The van der Waals surface area contributed by atoms with Crippen molar-refractivity contribution in [3.8, 4) is 0 Å². The lowest BCUT2D eigenvalue weighted by atomic mass is 9.94. The number of hydrogen-bond donors (Lipinski definition) is 24. The van der Waals surface area contributed by atoms with E-state index in [9.17, 15) is 123 Å². The quantitative estimate of drug-likeness (QED) is 0.0753. The highest BCUT2D eigenvalue weighted by Gasteiger charge is 2.60. The van der Waals surface area contributed by atoms with Crippen LogP contribution in [-0.4, -0.2) is 421 Å². The van der Waals surface area contributed by atoms with Gasteiger partial charge in [-0.3, -0.25) is 5.26 Å². The van der Waals surface area contributed by atoms with E-state index in [0.717, 1.165) is 0 Å². The van der Waals surface area contributed by atoms with Gasteiger partial charge in [0.05, 0.1) is 52.9 Å². The molecule has 518 valence electrons. The third-order valence-electron chi connectivity index (χ3n) is 17.0. The van der Waals surface area contributed by atoms with Crippen molar-refractivity contribution in [3.05, 3.63) is 0 Å². The first-order valence-electron chi connectivity index (χ1n) is 28.3. The van der Waals surface area contributed by atoms with E-state index in [0.29, 0.717) is 0 Å². The minimum absolute atomic E-state index is 1.08. The highest BCUT2D eigenvalue weighted by atomic mass is 17.1. The van der Waals surface area contributed by atoms with Gasteiger partial charge in [-0.15, -0.1) is 0 Å². The Bertz CT molecular complexity index is 2150. The fourth-order valence-corrected chi connectivity index (χ4v) is 12.0. The number of ether oxygens (including phenoxy) is 16. The van der Waals surface area contributed by atoms with Gasteiger partial charge in [0, 0.05) is 0 Å². The molecule has 0 aliphatic carbocycles. The molecule has 40 atom stereocenters. The van der Waals surface area contributed by atoms with Crippen LogP contribution in [0.2, 0.25) is 0 Å². The standard InChI is InChI=1S/C48H80O41/c49-1-9-32-17(57)24(64)41(73-9)82-33-10(2-50)75-43(26(66)19(33)59)84-35-12(4-52)77-45(28(68)21(35)61)86-37-14(6-54)79-47(30(70)23(37)63)88-39-16(8-56)80-48(31(71)40(39)89-72)87-38-15(7-55)78-46(29(69)22(38)62)85-36-13(5-53)76-44(27(67)20(36)60)83-34-11(3-51)74-42(81-32)25(65)18(34)58/h9-72H,1-8H2/t9-,10-,11-,12-,13-,14-,15-,16-,17-,18-,19-,20-,21-,22-,23-,24-,25-,26-,27-,28-,29-,30-,31-,32-,33-,34-,35-,36-,37-,38-,39-,40-,41-,42-,43-,44-,45-,46-,47-,48-/m1/s1. The van der Waals surface area contributed by atoms with Crippen molar-refractivity contribution in [2.45, 2.75) is 246 Å². The molecule has 30 rings (SSSR count). The van der Waals surface area contributed by atoms with Crippen molar-refractivity contribution in [1.29, 1.82) is 0 Å². The molecule has 0 aromatic rings. The molecule has 0 amide bonds. The van der Waals surface area contributed by atoms with Gasteiger partial charge in [-0.1, -0.05) is 0 Å². The SMILES string of the molecule is OC[C@H]1O[C@@H]2O[C@H]3[C@H](O)[C@@H](O)[C@@H](O[C@H]4[C@H](O)[C@@H](O)[C@@H](O[C@H]5[C@H](O)[C@@H](O)[C@@H](O[C@H]6[C@H](OO)[C@@H](O)[C@@H](O[C@H]7[C@H](O)[C@@H](O)[C@@H](O[C@H]8[C@H](O)[C@@H](O)[C@@H](O[C@H]9[C@H](O)[C@@H](O)[C@@H](O[C@H]1[C@H](O)[C@H]2O)O[C@@H]9CO)O[C@@H]8CO)O[C@@H]7CO)O[C@@H]6CO)O[C@@H]5CO)O[C@@H]4CO)O[C@@H]3CO. The van der Waals surface area contributed by atoms with Crippen molar-refractivity contribution in [2.75, 3.05) is 52.9 Å². The van der Waals surface area contributed by atoms with Crippen molar-refractivity contribution in [2.24, 2.45) is 0 Å². The molecule has 0 aromatic carbocycles. The van der Waals surface area contributed by atoms with E-state index >= 15 is 0 Å². The van der Waals surface area contributed by atoms with E-state index in [4.69, 9.17) is 75.8 Å². The summed E-state index contributed by atoms with van der Waals surface area (Å²) in [6, 6.07) is 0. The number of aliphatic hydroxyl groups is 23. The van der Waals surface area contributed by atoms with Crippen molar-refractivity contribution < 1.29 is 203 Å². The Morgan fingerprint density at radius 2 is 0.315 bits per heavy atom. The first kappa shape index (κ1) is 71.6. The normalized spacial score (nSPS) is 54.9. The molecular weight excluding hydrogens is 1230 g/mol. The fraction of sp³-hybridized carbons (Fsp3) is 1.00. The van der Waals surface area contributed by atoms with Crippen LogP contribution < -0.4 is 0 Å². The average molecular weight is 1310 g/mol. The molecule has 0 radical (unpaired) electrons. The van der Waals surface area contributed by atoms with Gasteiger partial charge in [0.1, 0.15) is 189 Å². The summed E-state index contributed by atoms with van der Waals surface area (Å²) in [5.74, 6) is 0. The molecule has 0 unspecified atom stereocenters. The van der Waals surface area contributed by atoms with E-state index in [-0.39, 0.29) is 0 Å². The summed E-state index contributed by atoms with van der Waals surface area (Å²) in [6.07, 6.45) is -82.3. The van der Waals surface area contributed by atoms with Crippen molar-refractivity contribution in [3.63, 3.8) is 0 Å². The molecule has 41 heteroatoms. The molecular formula is C48H80O41. The zero-order valence-corrected chi connectivity index (χ0v) is 46.4. The van der Waals surface area contributed by atoms with Crippen LogP contribution in [0, 0.1) is 0 Å². The zero-order valence-electron chi connectivity index (χ0n) is 46.4. The van der Waals surface area contributed by atoms with Gasteiger partial charge in [0.25, 0.3) is 0 Å². The fourth-order valence-electron chi connectivity index (χ4n) is 12.0. The second-order valence-corrected chi connectivity index (χ2v) is 22.5. The Balaban J connectivity index is 0.982. The maximum atomic E-state index is 11.5. The zero-order chi connectivity index (χ0) is 64.8. The van der Waals surface area contributed by atoms with Gasteiger partial charge in [-0.2, -0.15) is 0 Å². The Labute approximate surface area is 501 Å². The van der Waals surface area contributed by atoms with Crippen LogP contribution >= 0.6 is 0 Å². The highest BCUT2D eigenvalue weighted by Crippen LogP contribution is 2.40. The Hall–Kier alpha value is -1.64. The monoisotopic (exact) mass is 1310 g/mol. The molecule has 0 spiro atoms. The molecule has 24 N–H and O–H groups in total. The van der Waals surface area contributed by atoms with E-state index in [2.05, 4.69) is 4.89 Å². The molecule has 30 heterocycles. The minimum Gasteiger partial charge on any atom is -0.394 e. The smallest absolute Gasteiger partial charge is 0.187 e. The minimum atomic E-state index is -2.27. The van der Waals surface area contributed by atoms with Crippen LogP contribution in [-0.2, 0) is 80.7 Å². The largest absolute Gasteiger partial charge is 0.394 e. The summed E-state index contributed by atoms with van der Waals surface area (Å²) in [4.78, 5) is 4.49. The predicted molar refractivity (Wildman–Crippen MR) is 263 cm³/mol. The molecule has 16 bridgehead atoms. The lowest BCUT2D eigenvalue weighted by molar-refractivity contribution is -0.421. The van der Waals surface area contributed by atoms with Crippen LogP contribution in [0.25, 0.3) is 0 Å². The first-order chi connectivity index (χ1) is 42.4.